The molecule has 1 aromatic heterocycles. The van der Waals surface area contributed by atoms with E-state index < -0.39 is 0 Å². The zero-order chi connectivity index (χ0) is 12.3. The van der Waals surface area contributed by atoms with Crippen LogP contribution in [0.4, 0.5) is 4.79 Å². The van der Waals surface area contributed by atoms with Crippen molar-refractivity contribution in [2.75, 3.05) is 13.1 Å². The molecule has 0 fully saturated rings. The Hall–Kier alpha value is -1.47. The highest BCUT2D eigenvalue weighted by Crippen LogP contribution is 2.34. The van der Waals surface area contributed by atoms with Gasteiger partial charge in [-0.3, -0.25) is 0 Å². The van der Waals surface area contributed by atoms with E-state index in [9.17, 15) is 4.79 Å². The molecule has 3 nitrogen and oxygen atoms in total. The molecular formula is C13H16N2OS. The number of urea groups is 1. The van der Waals surface area contributed by atoms with Gasteiger partial charge in [-0.15, -0.1) is 17.8 Å². The monoisotopic (exact) mass is 248 g/mol. The van der Waals surface area contributed by atoms with E-state index in [1.54, 1.807) is 11.3 Å². The molecular weight excluding hydrogens is 232 g/mol. The number of nitrogens with zero attached hydrogens (tertiary/aromatic N) is 1. The van der Waals surface area contributed by atoms with E-state index in [4.69, 9.17) is 6.42 Å². The van der Waals surface area contributed by atoms with E-state index in [0.29, 0.717) is 6.54 Å². The fourth-order valence-electron chi connectivity index (χ4n) is 2.31. The molecule has 2 rings (SSSR count). The highest BCUT2D eigenvalue weighted by Gasteiger charge is 2.29. The van der Waals surface area contributed by atoms with Crippen LogP contribution in [0, 0.1) is 12.3 Å². The molecule has 0 spiro atoms. The molecule has 1 unspecified atom stereocenters. The minimum atomic E-state index is -0.0494. The summed E-state index contributed by atoms with van der Waals surface area (Å²) < 4.78 is 0. The first-order valence-electron chi connectivity index (χ1n) is 5.82. The summed E-state index contributed by atoms with van der Waals surface area (Å²) in [6.45, 7) is 3.18. The van der Waals surface area contributed by atoms with Gasteiger partial charge < -0.3 is 10.2 Å². The maximum absolute atomic E-state index is 12.0. The molecule has 0 saturated heterocycles. The number of thiophene rings is 1. The predicted octanol–water partition coefficient (Wildman–Crippen LogP) is 2.40. The molecule has 0 bridgehead atoms. The first-order chi connectivity index (χ1) is 8.27. The molecule has 17 heavy (non-hydrogen) atoms. The van der Waals surface area contributed by atoms with Crippen molar-refractivity contribution in [3.8, 4) is 12.3 Å². The van der Waals surface area contributed by atoms with Crippen molar-refractivity contribution in [3.05, 3.63) is 21.9 Å². The summed E-state index contributed by atoms with van der Waals surface area (Å²) in [6.07, 6.45) is 7.04. The Morgan fingerprint density at radius 3 is 3.29 bits per heavy atom. The second-order valence-electron chi connectivity index (χ2n) is 4.03. The smallest absolute Gasteiger partial charge is 0.318 e. The molecule has 0 radical (unpaired) electrons. The largest absolute Gasteiger partial charge is 0.327 e. The van der Waals surface area contributed by atoms with Gasteiger partial charge in [-0.25, -0.2) is 4.79 Å². The summed E-state index contributed by atoms with van der Waals surface area (Å²) in [4.78, 5) is 15.3. The summed E-state index contributed by atoms with van der Waals surface area (Å²) >= 11 is 1.79. The molecule has 0 aromatic carbocycles. The van der Waals surface area contributed by atoms with Gasteiger partial charge in [-0.2, -0.15) is 0 Å². The van der Waals surface area contributed by atoms with Crippen molar-refractivity contribution in [2.45, 2.75) is 25.8 Å². The number of hydrogen-bond acceptors (Lipinski definition) is 2. The number of carbonyl (C=O) groups excluding carboxylic acids is 1. The molecule has 0 saturated carbocycles. The normalized spacial score (nSPS) is 18.4. The van der Waals surface area contributed by atoms with Crippen LogP contribution >= 0.6 is 11.3 Å². The summed E-state index contributed by atoms with van der Waals surface area (Å²) in [5, 5.41) is 4.85. The number of terminal acetylenes is 1. The van der Waals surface area contributed by atoms with Gasteiger partial charge in [0.2, 0.25) is 0 Å². The van der Waals surface area contributed by atoms with E-state index in [1.807, 2.05) is 4.90 Å². The van der Waals surface area contributed by atoms with E-state index in [1.165, 1.54) is 10.4 Å². The Kier molecular flexibility index (Phi) is 3.70. The molecule has 1 aliphatic rings. The molecule has 1 aliphatic heterocycles. The van der Waals surface area contributed by atoms with Crippen LogP contribution in [0.3, 0.4) is 0 Å². The average molecular weight is 248 g/mol. The lowest BCUT2D eigenvalue weighted by Crippen LogP contribution is -2.45. The van der Waals surface area contributed by atoms with Crippen LogP contribution in [-0.2, 0) is 6.42 Å². The third kappa shape index (κ3) is 2.29. The van der Waals surface area contributed by atoms with E-state index in [2.05, 4.69) is 29.6 Å². The zero-order valence-corrected chi connectivity index (χ0v) is 10.7. The molecule has 1 N–H and O–H groups in total. The maximum atomic E-state index is 12.0. The van der Waals surface area contributed by atoms with Crippen LogP contribution in [0.1, 0.15) is 29.8 Å². The van der Waals surface area contributed by atoms with Gasteiger partial charge in [0, 0.05) is 11.4 Å². The highest BCUT2D eigenvalue weighted by atomic mass is 32.1. The van der Waals surface area contributed by atoms with Gasteiger partial charge in [-0.05, 0) is 29.9 Å². The Labute approximate surface area is 106 Å². The van der Waals surface area contributed by atoms with Gasteiger partial charge in [0.05, 0.1) is 12.6 Å². The van der Waals surface area contributed by atoms with E-state index in [0.717, 1.165) is 19.4 Å². The van der Waals surface area contributed by atoms with Crippen LogP contribution in [0.2, 0.25) is 0 Å². The number of amides is 2. The predicted molar refractivity (Wildman–Crippen MR) is 70.0 cm³/mol. The first kappa shape index (κ1) is 12.0. The lowest BCUT2D eigenvalue weighted by atomic mass is 9.98. The van der Waals surface area contributed by atoms with Gasteiger partial charge in [0.1, 0.15) is 0 Å². The van der Waals surface area contributed by atoms with Gasteiger partial charge in [0.15, 0.2) is 0 Å². The summed E-state index contributed by atoms with van der Waals surface area (Å²) in [7, 11) is 0. The van der Waals surface area contributed by atoms with Crippen molar-refractivity contribution in [2.24, 2.45) is 0 Å². The fourth-order valence-corrected chi connectivity index (χ4v) is 3.24. The van der Waals surface area contributed by atoms with Crippen molar-refractivity contribution in [1.29, 1.82) is 0 Å². The average Bonchev–Trinajstić information content (AvgIpc) is 2.82. The first-order valence-corrected chi connectivity index (χ1v) is 6.70. The Bertz CT molecular complexity index is 447. The maximum Gasteiger partial charge on any atom is 0.318 e. The lowest BCUT2D eigenvalue weighted by Gasteiger charge is -2.35. The molecule has 0 aliphatic carbocycles. The molecule has 2 heterocycles. The minimum absolute atomic E-state index is 0.0494. The third-order valence-electron chi connectivity index (χ3n) is 3.08. The molecule has 90 valence electrons. The number of hydrogen-bond donors (Lipinski definition) is 1. The van der Waals surface area contributed by atoms with E-state index >= 15 is 0 Å². The summed E-state index contributed by atoms with van der Waals surface area (Å²) in [6, 6.07) is 2.28. The quantitative estimate of drug-likeness (QED) is 0.801. The highest BCUT2D eigenvalue weighted by molar-refractivity contribution is 7.10. The Morgan fingerprint density at radius 2 is 2.59 bits per heavy atom. The molecule has 4 heteroatoms. The molecule has 2 amide bonds. The van der Waals surface area contributed by atoms with Crippen LogP contribution in [-0.4, -0.2) is 24.0 Å². The van der Waals surface area contributed by atoms with Crippen molar-refractivity contribution in [1.82, 2.24) is 10.2 Å². The summed E-state index contributed by atoms with van der Waals surface area (Å²) in [5.41, 5.74) is 1.31. The number of carbonyl (C=O) groups is 1. The minimum Gasteiger partial charge on any atom is -0.327 e. The van der Waals surface area contributed by atoms with Crippen LogP contribution in [0.15, 0.2) is 11.4 Å². The number of rotatable bonds is 2. The van der Waals surface area contributed by atoms with Crippen molar-refractivity contribution in [3.63, 3.8) is 0 Å². The zero-order valence-electron chi connectivity index (χ0n) is 9.90. The van der Waals surface area contributed by atoms with Crippen molar-refractivity contribution < 1.29 is 4.79 Å². The lowest BCUT2D eigenvalue weighted by molar-refractivity contribution is 0.169. The topological polar surface area (TPSA) is 32.3 Å². The SMILES string of the molecule is C#CCNC(=O)N1CCc2sccc2C1CC. The second kappa shape index (κ2) is 5.24. The molecule has 1 atom stereocenters. The van der Waals surface area contributed by atoms with Crippen molar-refractivity contribution >= 4 is 17.4 Å². The third-order valence-corrected chi connectivity index (χ3v) is 4.08. The Balaban J connectivity index is 2.15. The van der Waals surface area contributed by atoms with Gasteiger partial charge in [0.25, 0.3) is 0 Å². The van der Waals surface area contributed by atoms with Gasteiger partial charge in [-0.1, -0.05) is 12.8 Å². The number of nitrogens with one attached hydrogen (secondary N) is 1. The standard InChI is InChI=1S/C13H16N2OS/c1-3-7-14-13(16)15-8-5-12-10(6-9-17-12)11(15)4-2/h1,6,9,11H,4-5,7-8H2,2H3,(H,14,16). The summed E-state index contributed by atoms with van der Waals surface area (Å²) in [5.74, 6) is 2.43. The van der Waals surface area contributed by atoms with Crippen LogP contribution in [0.5, 0.6) is 0 Å². The van der Waals surface area contributed by atoms with Gasteiger partial charge >= 0.3 is 6.03 Å². The van der Waals surface area contributed by atoms with Crippen LogP contribution in [0.25, 0.3) is 0 Å². The van der Waals surface area contributed by atoms with E-state index in [-0.39, 0.29) is 12.1 Å². The second-order valence-corrected chi connectivity index (χ2v) is 5.03. The van der Waals surface area contributed by atoms with Crippen LogP contribution < -0.4 is 5.32 Å². The molecule has 1 aromatic rings. The number of fused-ring (bicyclic) bond motifs is 1. The fraction of sp³-hybridized carbons (Fsp3) is 0.462. The Morgan fingerprint density at radius 1 is 1.76 bits per heavy atom.